The summed E-state index contributed by atoms with van der Waals surface area (Å²) in [5.74, 6) is 0.625. The highest BCUT2D eigenvalue weighted by Crippen LogP contribution is 2.19. The molecular formula is C11H20N4. The van der Waals surface area contributed by atoms with Gasteiger partial charge < -0.3 is 5.32 Å². The summed E-state index contributed by atoms with van der Waals surface area (Å²) < 4.78 is 0. The van der Waals surface area contributed by atoms with Gasteiger partial charge in [0.2, 0.25) is 5.95 Å². The summed E-state index contributed by atoms with van der Waals surface area (Å²) in [6.07, 6.45) is 1.12. The summed E-state index contributed by atoms with van der Waals surface area (Å²) in [7, 11) is 0. The van der Waals surface area contributed by atoms with Gasteiger partial charge in [0.25, 0.3) is 0 Å². The van der Waals surface area contributed by atoms with Gasteiger partial charge in [0.05, 0.1) is 11.4 Å². The van der Waals surface area contributed by atoms with Crippen LogP contribution in [0.15, 0.2) is 0 Å². The van der Waals surface area contributed by atoms with Gasteiger partial charge in [0.1, 0.15) is 0 Å². The standard InChI is InChI=1S/C11H20N4/c1-6-11(4,5)7-12-10-13-8(2)9(3)14-15-10/h6-7H2,1-5H3,(H,12,13,15). The molecule has 0 bridgehead atoms. The predicted octanol–water partition coefficient (Wildman–Crippen LogP) is 2.34. The third-order valence-corrected chi connectivity index (χ3v) is 2.77. The number of rotatable bonds is 4. The van der Waals surface area contributed by atoms with Gasteiger partial charge in [-0.05, 0) is 25.7 Å². The van der Waals surface area contributed by atoms with Crippen LogP contribution in [0.1, 0.15) is 38.6 Å². The van der Waals surface area contributed by atoms with E-state index in [1.54, 1.807) is 0 Å². The van der Waals surface area contributed by atoms with Crippen LogP contribution in [0.2, 0.25) is 0 Å². The molecule has 1 rings (SSSR count). The molecule has 1 heterocycles. The molecule has 0 amide bonds. The summed E-state index contributed by atoms with van der Waals surface area (Å²) >= 11 is 0. The van der Waals surface area contributed by atoms with Gasteiger partial charge in [-0.25, -0.2) is 4.98 Å². The maximum absolute atomic E-state index is 4.33. The Balaban J connectivity index is 2.62. The molecule has 84 valence electrons. The zero-order valence-electron chi connectivity index (χ0n) is 10.3. The zero-order chi connectivity index (χ0) is 11.5. The number of aromatic nitrogens is 3. The first-order valence-electron chi connectivity index (χ1n) is 5.36. The Hall–Kier alpha value is -1.19. The Morgan fingerprint density at radius 2 is 1.80 bits per heavy atom. The van der Waals surface area contributed by atoms with E-state index in [9.17, 15) is 0 Å². The average molecular weight is 208 g/mol. The summed E-state index contributed by atoms with van der Waals surface area (Å²) in [6, 6.07) is 0. The Labute approximate surface area is 91.5 Å². The van der Waals surface area contributed by atoms with E-state index in [2.05, 4.69) is 41.3 Å². The van der Waals surface area contributed by atoms with Crippen LogP contribution in [0.3, 0.4) is 0 Å². The van der Waals surface area contributed by atoms with E-state index >= 15 is 0 Å². The lowest BCUT2D eigenvalue weighted by Crippen LogP contribution is -2.23. The minimum Gasteiger partial charge on any atom is -0.352 e. The second-order valence-corrected chi connectivity index (χ2v) is 4.68. The fourth-order valence-electron chi connectivity index (χ4n) is 0.975. The Morgan fingerprint density at radius 3 is 2.33 bits per heavy atom. The normalized spacial score (nSPS) is 11.5. The van der Waals surface area contributed by atoms with Crippen molar-refractivity contribution >= 4 is 5.95 Å². The van der Waals surface area contributed by atoms with Gasteiger partial charge in [0, 0.05) is 6.54 Å². The molecular weight excluding hydrogens is 188 g/mol. The van der Waals surface area contributed by atoms with Crippen LogP contribution < -0.4 is 5.32 Å². The minimum atomic E-state index is 0.266. The number of aryl methyl sites for hydroxylation is 2. The number of hydrogen-bond acceptors (Lipinski definition) is 4. The number of anilines is 1. The van der Waals surface area contributed by atoms with Crippen LogP contribution in [0.4, 0.5) is 5.95 Å². The molecule has 0 aliphatic rings. The van der Waals surface area contributed by atoms with Crippen LogP contribution in [-0.4, -0.2) is 21.7 Å². The van der Waals surface area contributed by atoms with E-state index in [1.165, 1.54) is 0 Å². The van der Waals surface area contributed by atoms with Gasteiger partial charge in [0.15, 0.2) is 0 Å². The van der Waals surface area contributed by atoms with Crippen molar-refractivity contribution in [3.8, 4) is 0 Å². The highest BCUT2D eigenvalue weighted by Gasteiger charge is 2.15. The monoisotopic (exact) mass is 208 g/mol. The van der Waals surface area contributed by atoms with Crippen molar-refractivity contribution in [2.75, 3.05) is 11.9 Å². The van der Waals surface area contributed by atoms with Crippen LogP contribution in [0.25, 0.3) is 0 Å². The maximum atomic E-state index is 4.33. The fraction of sp³-hybridized carbons (Fsp3) is 0.727. The second-order valence-electron chi connectivity index (χ2n) is 4.68. The van der Waals surface area contributed by atoms with E-state index in [-0.39, 0.29) is 5.41 Å². The van der Waals surface area contributed by atoms with Gasteiger partial charge in [-0.3, -0.25) is 0 Å². The molecule has 0 saturated carbocycles. The first kappa shape index (κ1) is 11.9. The minimum absolute atomic E-state index is 0.266. The molecule has 0 aromatic carbocycles. The molecule has 0 saturated heterocycles. The number of hydrogen-bond donors (Lipinski definition) is 1. The van der Waals surface area contributed by atoms with Gasteiger partial charge in [-0.1, -0.05) is 20.8 Å². The smallest absolute Gasteiger partial charge is 0.242 e. The predicted molar refractivity (Wildman–Crippen MR) is 61.9 cm³/mol. The molecule has 1 aromatic heterocycles. The van der Waals surface area contributed by atoms with E-state index in [0.717, 1.165) is 24.4 Å². The third kappa shape index (κ3) is 3.46. The van der Waals surface area contributed by atoms with E-state index in [0.29, 0.717) is 5.95 Å². The fourth-order valence-corrected chi connectivity index (χ4v) is 0.975. The lowest BCUT2D eigenvalue weighted by Gasteiger charge is -2.22. The summed E-state index contributed by atoms with van der Waals surface area (Å²) in [4.78, 5) is 4.33. The van der Waals surface area contributed by atoms with E-state index in [1.807, 2.05) is 13.8 Å². The zero-order valence-corrected chi connectivity index (χ0v) is 10.3. The summed E-state index contributed by atoms with van der Waals surface area (Å²) in [6.45, 7) is 11.3. The number of nitrogens with one attached hydrogen (secondary N) is 1. The van der Waals surface area contributed by atoms with Gasteiger partial charge in [-0.15, -0.1) is 5.10 Å². The largest absolute Gasteiger partial charge is 0.352 e. The molecule has 0 aliphatic heterocycles. The molecule has 0 unspecified atom stereocenters. The van der Waals surface area contributed by atoms with Crippen molar-refractivity contribution in [3.63, 3.8) is 0 Å². The third-order valence-electron chi connectivity index (χ3n) is 2.77. The van der Waals surface area contributed by atoms with E-state index in [4.69, 9.17) is 0 Å². The quantitative estimate of drug-likeness (QED) is 0.825. The molecule has 0 spiro atoms. The van der Waals surface area contributed by atoms with Crippen molar-refractivity contribution in [1.82, 2.24) is 15.2 Å². The molecule has 0 aliphatic carbocycles. The van der Waals surface area contributed by atoms with Crippen molar-refractivity contribution in [3.05, 3.63) is 11.4 Å². The van der Waals surface area contributed by atoms with Crippen molar-refractivity contribution < 1.29 is 0 Å². The summed E-state index contributed by atoms with van der Waals surface area (Å²) in [5, 5.41) is 11.3. The first-order valence-corrected chi connectivity index (χ1v) is 5.36. The van der Waals surface area contributed by atoms with E-state index < -0.39 is 0 Å². The maximum Gasteiger partial charge on any atom is 0.242 e. The van der Waals surface area contributed by atoms with Gasteiger partial charge in [-0.2, -0.15) is 5.10 Å². The molecule has 0 fully saturated rings. The summed E-state index contributed by atoms with van der Waals surface area (Å²) in [5.41, 5.74) is 2.08. The van der Waals surface area contributed by atoms with Crippen LogP contribution in [0.5, 0.6) is 0 Å². The Morgan fingerprint density at radius 1 is 1.13 bits per heavy atom. The topological polar surface area (TPSA) is 50.7 Å². The molecule has 0 radical (unpaired) electrons. The first-order chi connectivity index (χ1) is 6.94. The van der Waals surface area contributed by atoms with Crippen molar-refractivity contribution in [2.24, 2.45) is 5.41 Å². The highest BCUT2D eigenvalue weighted by molar-refractivity contribution is 5.24. The SMILES string of the molecule is CCC(C)(C)CNc1nnc(C)c(C)n1. The molecule has 0 atom stereocenters. The lowest BCUT2D eigenvalue weighted by molar-refractivity contribution is 0.376. The van der Waals surface area contributed by atoms with Crippen molar-refractivity contribution in [1.29, 1.82) is 0 Å². The molecule has 4 nitrogen and oxygen atoms in total. The van der Waals surface area contributed by atoms with Gasteiger partial charge >= 0.3 is 0 Å². The van der Waals surface area contributed by atoms with Crippen LogP contribution in [0, 0.1) is 19.3 Å². The van der Waals surface area contributed by atoms with Crippen LogP contribution in [-0.2, 0) is 0 Å². The number of nitrogens with zero attached hydrogens (tertiary/aromatic N) is 3. The van der Waals surface area contributed by atoms with Crippen molar-refractivity contribution in [2.45, 2.75) is 41.0 Å². The molecule has 1 N–H and O–H groups in total. The second kappa shape index (κ2) is 4.55. The molecule has 15 heavy (non-hydrogen) atoms. The molecule has 4 heteroatoms. The highest BCUT2D eigenvalue weighted by atomic mass is 15.2. The Kier molecular flexibility index (Phi) is 3.61. The average Bonchev–Trinajstić information content (AvgIpc) is 2.20. The van der Waals surface area contributed by atoms with Crippen LogP contribution >= 0.6 is 0 Å². The lowest BCUT2D eigenvalue weighted by atomic mass is 9.90. The Bertz CT molecular complexity index is 333. The molecule has 1 aromatic rings.